The number of hydrogen-bond acceptors (Lipinski definition) is 4. The number of para-hydroxylation sites is 1. The zero-order valence-corrected chi connectivity index (χ0v) is 13.1. The van der Waals surface area contributed by atoms with E-state index in [1.807, 2.05) is 36.1 Å². The Labute approximate surface area is 139 Å². The minimum atomic E-state index is -0.405. The number of fused-ring (bicyclic) bond motifs is 1. The van der Waals surface area contributed by atoms with Gasteiger partial charge in [-0.05, 0) is 42.7 Å². The van der Waals surface area contributed by atoms with Crippen LogP contribution in [0.5, 0.6) is 5.75 Å². The highest BCUT2D eigenvalue weighted by Crippen LogP contribution is 2.39. The average Bonchev–Trinajstić information content (AvgIpc) is 3.03. The molecule has 0 bridgehead atoms. The Balaban J connectivity index is 1.91. The van der Waals surface area contributed by atoms with Crippen molar-refractivity contribution < 1.29 is 14.7 Å². The number of rotatable bonds is 2. The highest BCUT2D eigenvalue weighted by Gasteiger charge is 2.40. The molecule has 0 saturated heterocycles. The van der Waals surface area contributed by atoms with Crippen LogP contribution in [0.2, 0.25) is 0 Å². The zero-order chi connectivity index (χ0) is 16.8. The van der Waals surface area contributed by atoms with Gasteiger partial charge in [0.25, 0.3) is 11.8 Å². The first-order valence-electron chi connectivity index (χ1n) is 7.83. The Bertz CT molecular complexity index is 884. The Kier molecular flexibility index (Phi) is 3.16. The predicted molar refractivity (Wildman–Crippen MR) is 90.3 cm³/mol. The molecule has 120 valence electrons. The summed E-state index contributed by atoms with van der Waals surface area (Å²) in [4.78, 5) is 26.8. The molecular formula is C19H16N2O3. The van der Waals surface area contributed by atoms with Gasteiger partial charge in [0.2, 0.25) is 0 Å². The third-order valence-corrected chi connectivity index (χ3v) is 4.51. The van der Waals surface area contributed by atoms with Crippen LogP contribution in [-0.4, -0.2) is 23.0 Å². The predicted octanol–water partition coefficient (Wildman–Crippen LogP) is 2.21. The number of nitrogens with zero attached hydrogens (tertiary/aromatic N) is 1. The number of carbonyl (C=O) groups excluding carboxylic acids is 2. The summed E-state index contributed by atoms with van der Waals surface area (Å²) in [5.74, 6) is -0.672. The van der Waals surface area contributed by atoms with Crippen molar-refractivity contribution in [3.05, 3.63) is 65.4 Å². The quantitative estimate of drug-likeness (QED) is 0.833. The topological polar surface area (TPSA) is 69.6 Å². The maximum Gasteiger partial charge on any atom is 0.275 e. The van der Waals surface area contributed by atoms with E-state index in [0.29, 0.717) is 16.8 Å². The molecule has 2 amide bonds. The fourth-order valence-corrected chi connectivity index (χ4v) is 3.48. The van der Waals surface area contributed by atoms with Gasteiger partial charge in [0.15, 0.2) is 0 Å². The van der Waals surface area contributed by atoms with Crippen LogP contribution in [0.25, 0.3) is 5.57 Å². The van der Waals surface area contributed by atoms with Gasteiger partial charge in [-0.1, -0.05) is 30.3 Å². The third-order valence-electron chi connectivity index (χ3n) is 4.51. The van der Waals surface area contributed by atoms with E-state index >= 15 is 0 Å². The molecular weight excluding hydrogens is 304 g/mol. The Morgan fingerprint density at radius 3 is 2.50 bits per heavy atom. The first-order chi connectivity index (χ1) is 11.6. The van der Waals surface area contributed by atoms with Crippen LogP contribution >= 0.6 is 0 Å². The summed E-state index contributed by atoms with van der Waals surface area (Å²) in [7, 11) is 0. The first kappa shape index (κ1) is 14.5. The lowest BCUT2D eigenvalue weighted by molar-refractivity contribution is -0.123. The number of amides is 2. The van der Waals surface area contributed by atoms with Crippen LogP contribution in [0.3, 0.4) is 0 Å². The van der Waals surface area contributed by atoms with Gasteiger partial charge < -0.3 is 10.0 Å². The van der Waals surface area contributed by atoms with Crippen molar-refractivity contribution in [1.29, 1.82) is 0 Å². The van der Waals surface area contributed by atoms with Crippen molar-refractivity contribution in [2.75, 3.05) is 4.90 Å². The number of phenolic OH excluding ortho intramolecular Hbond substituents is 1. The summed E-state index contributed by atoms with van der Waals surface area (Å²) >= 11 is 0. The lowest BCUT2D eigenvalue weighted by atomic mass is 10.0. The number of nitrogens with one attached hydrogen (secondary N) is 1. The second kappa shape index (κ2) is 5.23. The van der Waals surface area contributed by atoms with Gasteiger partial charge in [-0.15, -0.1) is 0 Å². The highest BCUT2D eigenvalue weighted by molar-refractivity contribution is 6.37. The van der Waals surface area contributed by atoms with Gasteiger partial charge in [-0.3, -0.25) is 14.9 Å². The fourth-order valence-electron chi connectivity index (χ4n) is 3.48. The highest BCUT2D eigenvalue weighted by atomic mass is 16.3. The van der Waals surface area contributed by atoms with Gasteiger partial charge in [0.05, 0.1) is 5.57 Å². The van der Waals surface area contributed by atoms with E-state index in [-0.39, 0.29) is 17.7 Å². The van der Waals surface area contributed by atoms with Crippen LogP contribution in [0.4, 0.5) is 5.69 Å². The summed E-state index contributed by atoms with van der Waals surface area (Å²) < 4.78 is 0. The summed E-state index contributed by atoms with van der Waals surface area (Å²) in [6, 6.07) is 14.3. The van der Waals surface area contributed by atoms with Crippen LogP contribution < -0.4 is 10.2 Å². The van der Waals surface area contributed by atoms with E-state index in [0.717, 1.165) is 17.7 Å². The Morgan fingerprint density at radius 1 is 1.04 bits per heavy atom. The van der Waals surface area contributed by atoms with Gasteiger partial charge >= 0.3 is 0 Å². The van der Waals surface area contributed by atoms with Crippen molar-refractivity contribution >= 4 is 23.1 Å². The van der Waals surface area contributed by atoms with Gasteiger partial charge in [0.1, 0.15) is 11.4 Å². The van der Waals surface area contributed by atoms with E-state index in [1.54, 1.807) is 12.1 Å². The lowest BCUT2D eigenvalue weighted by Crippen LogP contribution is -2.34. The molecule has 24 heavy (non-hydrogen) atoms. The SMILES string of the molecule is CC1Cc2ccccc2N1C1=C(c2ccc(O)cc2)C(=O)NC1=O. The molecule has 2 aliphatic heterocycles. The fraction of sp³-hybridized carbons (Fsp3) is 0.158. The minimum absolute atomic E-state index is 0.0844. The minimum Gasteiger partial charge on any atom is -0.508 e. The molecule has 2 aromatic rings. The van der Waals surface area contributed by atoms with Crippen LogP contribution in [0.1, 0.15) is 18.1 Å². The third kappa shape index (κ3) is 2.09. The maximum atomic E-state index is 12.5. The second-order valence-corrected chi connectivity index (χ2v) is 6.11. The van der Waals surface area contributed by atoms with Crippen LogP contribution in [-0.2, 0) is 16.0 Å². The average molecular weight is 320 g/mol. The normalized spacial score (nSPS) is 19.7. The van der Waals surface area contributed by atoms with Crippen molar-refractivity contribution in [3.8, 4) is 5.75 Å². The van der Waals surface area contributed by atoms with Crippen molar-refractivity contribution in [2.24, 2.45) is 0 Å². The standard InChI is InChI=1S/C19H16N2O3/c1-11-10-13-4-2-3-5-15(13)21(11)17-16(18(23)20-19(17)24)12-6-8-14(22)9-7-12/h2-9,11,22H,10H2,1H3,(H,20,23,24). The van der Waals surface area contributed by atoms with E-state index in [9.17, 15) is 14.7 Å². The molecule has 5 heteroatoms. The summed E-state index contributed by atoms with van der Waals surface area (Å²) in [5, 5.41) is 11.9. The van der Waals surface area contributed by atoms with Crippen molar-refractivity contribution in [3.63, 3.8) is 0 Å². The number of benzene rings is 2. The summed E-state index contributed by atoms with van der Waals surface area (Å²) in [6.45, 7) is 2.04. The Morgan fingerprint density at radius 2 is 1.75 bits per heavy atom. The molecule has 2 aliphatic rings. The first-order valence-corrected chi connectivity index (χ1v) is 7.83. The van der Waals surface area contributed by atoms with Crippen LogP contribution in [0.15, 0.2) is 54.2 Å². The van der Waals surface area contributed by atoms with Crippen molar-refractivity contribution in [1.82, 2.24) is 5.32 Å². The van der Waals surface area contributed by atoms with Crippen molar-refractivity contribution in [2.45, 2.75) is 19.4 Å². The monoisotopic (exact) mass is 320 g/mol. The smallest absolute Gasteiger partial charge is 0.275 e. The zero-order valence-electron chi connectivity index (χ0n) is 13.1. The molecule has 0 fully saturated rings. The van der Waals surface area contributed by atoms with Gasteiger partial charge in [-0.25, -0.2) is 0 Å². The molecule has 4 rings (SSSR count). The Hall–Kier alpha value is -3.08. The number of phenols is 1. The van der Waals surface area contributed by atoms with E-state index in [2.05, 4.69) is 5.32 Å². The maximum absolute atomic E-state index is 12.5. The molecule has 0 spiro atoms. The number of anilines is 1. The van der Waals surface area contributed by atoms with E-state index < -0.39 is 5.91 Å². The van der Waals surface area contributed by atoms with E-state index in [1.165, 1.54) is 12.1 Å². The second-order valence-electron chi connectivity index (χ2n) is 6.11. The summed E-state index contributed by atoms with van der Waals surface area (Å²) in [6.07, 6.45) is 0.823. The van der Waals surface area contributed by atoms with Gasteiger partial charge in [0, 0.05) is 11.7 Å². The number of aromatic hydroxyl groups is 1. The number of hydrogen-bond donors (Lipinski definition) is 2. The molecule has 2 N–H and O–H groups in total. The van der Waals surface area contributed by atoms with E-state index in [4.69, 9.17) is 0 Å². The van der Waals surface area contributed by atoms with Crippen LogP contribution in [0, 0.1) is 0 Å². The summed E-state index contributed by atoms with van der Waals surface area (Å²) in [5.41, 5.74) is 3.46. The molecule has 2 aromatic carbocycles. The lowest BCUT2D eigenvalue weighted by Gasteiger charge is -2.25. The molecule has 0 saturated carbocycles. The molecule has 1 atom stereocenters. The molecule has 0 radical (unpaired) electrons. The molecule has 5 nitrogen and oxygen atoms in total. The largest absolute Gasteiger partial charge is 0.508 e. The number of imide groups is 1. The number of carbonyl (C=O) groups is 2. The van der Waals surface area contributed by atoms with Gasteiger partial charge in [-0.2, -0.15) is 0 Å². The molecule has 0 aromatic heterocycles. The molecule has 0 aliphatic carbocycles. The molecule has 1 unspecified atom stereocenters. The molecule has 2 heterocycles.